The van der Waals surface area contributed by atoms with Crippen molar-refractivity contribution in [2.45, 2.75) is 26.3 Å². The largest absolute Gasteiger partial charge is 0.481 e. The van der Waals surface area contributed by atoms with E-state index in [1.807, 2.05) is 32.0 Å². The fourth-order valence-corrected chi connectivity index (χ4v) is 2.22. The Morgan fingerprint density at radius 1 is 1.42 bits per heavy atom. The van der Waals surface area contributed by atoms with Crippen molar-refractivity contribution in [1.82, 2.24) is 5.32 Å². The van der Waals surface area contributed by atoms with E-state index < -0.39 is 12.0 Å². The van der Waals surface area contributed by atoms with E-state index in [1.54, 1.807) is 4.90 Å². The Labute approximate surface area is 112 Å². The smallest absolute Gasteiger partial charge is 0.305 e. The monoisotopic (exact) mass is 262 g/mol. The number of anilines is 1. The first-order valence-electron chi connectivity index (χ1n) is 6.33. The van der Waals surface area contributed by atoms with Crippen molar-refractivity contribution in [2.75, 3.05) is 18.0 Å². The number of amides is 1. The first-order chi connectivity index (χ1) is 8.99. The van der Waals surface area contributed by atoms with Gasteiger partial charge < -0.3 is 15.3 Å². The number of hydrogen-bond donors (Lipinski definition) is 2. The summed E-state index contributed by atoms with van der Waals surface area (Å²) in [6.07, 6.45) is -0.180. The van der Waals surface area contributed by atoms with Gasteiger partial charge in [0.05, 0.1) is 12.5 Å². The molecule has 1 amide bonds. The van der Waals surface area contributed by atoms with E-state index in [-0.39, 0.29) is 12.3 Å². The topological polar surface area (TPSA) is 69.6 Å². The van der Waals surface area contributed by atoms with Crippen molar-refractivity contribution in [3.63, 3.8) is 0 Å². The molecule has 2 N–H and O–H groups in total. The lowest BCUT2D eigenvalue weighted by Gasteiger charge is -2.32. The highest BCUT2D eigenvalue weighted by molar-refractivity contribution is 5.99. The summed E-state index contributed by atoms with van der Waals surface area (Å²) in [5, 5.41) is 11.8. The quantitative estimate of drug-likeness (QED) is 0.855. The number of carbonyl (C=O) groups is 2. The van der Waals surface area contributed by atoms with Crippen LogP contribution in [0.5, 0.6) is 0 Å². The predicted octanol–water partition coefficient (Wildman–Crippen LogP) is 1.08. The van der Waals surface area contributed by atoms with Crippen molar-refractivity contribution < 1.29 is 14.7 Å². The first kappa shape index (κ1) is 13.5. The number of benzene rings is 1. The number of aryl methyl sites for hydroxylation is 2. The Morgan fingerprint density at radius 3 is 2.79 bits per heavy atom. The zero-order valence-corrected chi connectivity index (χ0v) is 11.1. The van der Waals surface area contributed by atoms with Gasteiger partial charge in [0.15, 0.2) is 0 Å². The van der Waals surface area contributed by atoms with Crippen LogP contribution >= 0.6 is 0 Å². The van der Waals surface area contributed by atoms with Gasteiger partial charge in [0.2, 0.25) is 5.91 Å². The average Bonchev–Trinajstić information content (AvgIpc) is 2.35. The van der Waals surface area contributed by atoms with Crippen LogP contribution in [0, 0.1) is 13.8 Å². The summed E-state index contributed by atoms with van der Waals surface area (Å²) < 4.78 is 0. The van der Waals surface area contributed by atoms with Crippen LogP contribution < -0.4 is 10.2 Å². The molecule has 1 unspecified atom stereocenters. The second kappa shape index (κ2) is 5.40. The number of nitrogens with one attached hydrogen (secondary N) is 1. The Kier molecular flexibility index (Phi) is 3.85. The normalized spacial score (nSPS) is 19.6. The number of hydrogen-bond acceptors (Lipinski definition) is 3. The van der Waals surface area contributed by atoms with E-state index >= 15 is 0 Å². The number of carboxylic acids is 1. The van der Waals surface area contributed by atoms with E-state index in [4.69, 9.17) is 5.11 Å². The molecule has 1 fully saturated rings. The van der Waals surface area contributed by atoms with Crippen LogP contribution in [-0.4, -0.2) is 36.1 Å². The number of aliphatic carboxylic acids is 1. The maximum absolute atomic E-state index is 12.3. The molecule has 0 saturated carbocycles. The van der Waals surface area contributed by atoms with Gasteiger partial charge in [-0.25, -0.2) is 0 Å². The first-order valence-corrected chi connectivity index (χ1v) is 6.33. The van der Waals surface area contributed by atoms with Gasteiger partial charge in [0.25, 0.3) is 0 Å². The minimum atomic E-state index is -0.965. The van der Waals surface area contributed by atoms with Crippen LogP contribution in [0.3, 0.4) is 0 Å². The average molecular weight is 262 g/mol. The molecule has 1 aromatic rings. The fourth-order valence-electron chi connectivity index (χ4n) is 2.22. The van der Waals surface area contributed by atoms with Crippen LogP contribution in [-0.2, 0) is 9.59 Å². The van der Waals surface area contributed by atoms with Crippen LogP contribution in [0.15, 0.2) is 18.2 Å². The summed E-state index contributed by atoms with van der Waals surface area (Å²) in [6.45, 7) is 5.19. The Morgan fingerprint density at radius 2 is 2.16 bits per heavy atom. The molecule has 2 rings (SSSR count). The molecular formula is C14H18N2O3. The van der Waals surface area contributed by atoms with Gasteiger partial charge in [0, 0.05) is 18.8 Å². The standard InChI is InChI=1S/C14H18N2O3/c1-9-3-4-11(7-10(9)2)16-6-5-15-12(14(16)19)8-13(17)18/h3-4,7,12,15H,5-6,8H2,1-2H3,(H,17,18). The summed E-state index contributed by atoms with van der Waals surface area (Å²) in [7, 11) is 0. The molecule has 1 aromatic carbocycles. The summed E-state index contributed by atoms with van der Waals surface area (Å²) in [4.78, 5) is 24.7. The van der Waals surface area contributed by atoms with Crippen molar-refractivity contribution in [3.05, 3.63) is 29.3 Å². The maximum Gasteiger partial charge on any atom is 0.305 e. The van der Waals surface area contributed by atoms with E-state index in [9.17, 15) is 9.59 Å². The lowest BCUT2D eigenvalue weighted by Crippen LogP contribution is -2.55. The summed E-state index contributed by atoms with van der Waals surface area (Å²) in [5.41, 5.74) is 3.14. The van der Waals surface area contributed by atoms with Gasteiger partial charge in [-0.1, -0.05) is 6.07 Å². The summed E-state index contributed by atoms with van der Waals surface area (Å²) >= 11 is 0. The van der Waals surface area contributed by atoms with Gasteiger partial charge in [-0.15, -0.1) is 0 Å². The van der Waals surface area contributed by atoms with Crippen molar-refractivity contribution in [3.8, 4) is 0 Å². The second-order valence-electron chi connectivity index (χ2n) is 4.86. The van der Waals surface area contributed by atoms with Gasteiger partial charge >= 0.3 is 5.97 Å². The lowest BCUT2D eigenvalue weighted by atomic mass is 10.1. The zero-order chi connectivity index (χ0) is 14.0. The molecule has 1 aliphatic heterocycles. The molecule has 1 saturated heterocycles. The van der Waals surface area contributed by atoms with E-state index in [0.717, 1.165) is 11.3 Å². The second-order valence-corrected chi connectivity index (χ2v) is 4.86. The van der Waals surface area contributed by atoms with Crippen molar-refractivity contribution in [2.24, 2.45) is 0 Å². The molecule has 0 spiro atoms. The number of rotatable bonds is 3. The molecule has 1 atom stereocenters. The SMILES string of the molecule is Cc1ccc(N2CCNC(CC(=O)O)C2=O)cc1C. The molecule has 1 aliphatic rings. The van der Waals surface area contributed by atoms with Crippen LogP contribution in [0.2, 0.25) is 0 Å². The number of carboxylic acid groups (broad SMARTS) is 1. The Bertz CT molecular complexity index is 513. The molecule has 0 aliphatic carbocycles. The van der Waals surface area contributed by atoms with Gasteiger partial charge in [0.1, 0.15) is 0 Å². The van der Waals surface area contributed by atoms with Crippen LogP contribution in [0.1, 0.15) is 17.5 Å². The van der Waals surface area contributed by atoms with Crippen molar-refractivity contribution >= 4 is 17.6 Å². The molecule has 0 aromatic heterocycles. The molecular weight excluding hydrogens is 244 g/mol. The molecule has 0 radical (unpaired) electrons. The Hall–Kier alpha value is -1.88. The Balaban J connectivity index is 2.21. The molecule has 1 heterocycles. The minimum absolute atomic E-state index is 0.170. The predicted molar refractivity (Wildman–Crippen MR) is 72.3 cm³/mol. The minimum Gasteiger partial charge on any atom is -0.481 e. The van der Waals surface area contributed by atoms with E-state index in [2.05, 4.69) is 5.32 Å². The molecule has 5 heteroatoms. The lowest BCUT2D eigenvalue weighted by molar-refractivity contribution is -0.139. The molecule has 0 bridgehead atoms. The third-order valence-corrected chi connectivity index (χ3v) is 3.47. The maximum atomic E-state index is 12.3. The number of nitrogens with zero attached hydrogens (tertiary/aromatic N) is 1. The number of carbonyl (C=O) groups excluding carboxylic acids is 1. The molecule has 5 nitrogen and oxygen atoms in total. The van der Waals surface area contributed by atoms with Crippen molar-refractivity contribution in [1.29, 1.82) is 0 Å². The van der Waals surface area contributed by atoms with Crippen LogP contribution in [0.4, 0.5) is 5.69 Å². The summed E-state index contributed by atoms with van der Waals surface area (Å²) in [5.74, 6) is -1.13. The highest BCUT2D eigenvalue weighted by Gasteiger charge is 2.30. The number of piperazine rings is 1. The molecule has 102 valence electrons. The van der Waals surface area contributed by atoms with E-state index in [1.165, 1.54) is 5.56 Å². The van der Waals surface area contributed by atoms with Gasteiger partial charge in [-0.05, 0) is 37.1 Å². The third kappa shape index (κ3) is 2.93. The van der Waals surface area contributed by atoms with Crippen LogP contribution in [0.25, 0.3) is 0 Å². The summed E-state index contributed by atoms with van der Waals surface area (Å²) in [6, 6.07) is 5.22. The fraction of sp³-hybridized carbons (Fsp3) is 0.429. The molecule has 19 heavy (non-hydrogen) atoms. The van der Waals surface area contributed by atoms with Gasteiger partial charge in [-0.3, -0.25) is 9.59 Å². The van der Waals surface area contributed by atoms with Gasteiger partial charge in [-0.2, -0.15) is 0 Å². The zero-order valence-electron chi connectivity index (χ0n) is 11.1. The highest BCUT2D eigenvalue weighted by Crippen LogP contribution is 2.21. The highest BCUT2D eigenvalue weighted by atomic mass is 16.4. The third-order valence-electron chi connectivity index (χ3n) is 3.47. The van der Waals surface area contributed by atoms with E-state index in [0.29, 0.717) is 13.1 Å².